The summed E-state index contributed by atoms with van der Waals surface area (Å²) in [4.78, 5) is 12.2. The first-order chi connectivity index (χ1) is 12.1. The van der Waals surface area contributed by atoms with Crippen molar-refractivity contribution in [3.63, 3.8) is 0 Å². The van der Waals surface area contributed by atoms with Crippen LogP contribution >= 0.6 is 12.4 Å². The molecule has 1 fully saturated rings. The third-order valence-corrected chi connectivity index (χ3v) is 4.02. The highest BCUT2D eigenvalue weighted by Crippen LogP contribution is 2.26. The molecule has 1 saturated heterocycles. The molecule has 2 aromatic rings. The monoisotopic (exact) mass is 380 g/mol. The standard InChI is InChI=1S/C19H21FN2O3.ClH/c1-13(22-19(23)17-12-24-10-9-21-17)14-7-8-18(16(20)11-14)25-15-5-3-2-4-6-15;/h2-8,11,13,17,21H,9-10,12H2,1H3,(H,22,23);1H. The molecule has 1 heterocycles. The van der Waals surface area contributed by atoms with Crippen LogP contribution in [0.5, 0.6) is 11.5 Å². The van der Waals surface area contributed by atoms with E-state index in [1.807, 2.05) is 25.1 Å². The van der Waals surface area contributed by atoms with Crippen molar-refractivity contribution in [2.75, 3.05) is 19.8 Å². The lowest BCUT2D eigenvalue weighted by molar-refractivity contribution is -0.126. The third kappa shape index (κ3) is 5.17. The van der Waals surface area contributed by atoms with E-state index in [9.17, 15) is 9.18 Å². The number of carbonyl (C=O) groups excluding carboxylic acids is 1. The topological polar surface area (TPSA) is 59.6 Å². The lowest BCUT2D eigenvalue weighted by Crippen LogP contribution is -2.51. The van der Waals surface area contributed by atoms with Gasteiger partial charge in [-0.1, -0.05) is 24.3 Å². The van der Waals surface area contributed by atoms with Crippen LogP contribution in [0.25, 0.3) is 0 Å². The van der Waals surface area contributed by atoms with E-state index in [1.165, 1.54) is 6.07 Å². The maximum Gasteiger partial charge on any atom is 0.240 e. The molecule has 2 N–H and O–H groups in total. The van der Waals surface area contributed by atoms with Crippen LogP contribution in [0.15, 0.2) is 48.5 Å². The molecule has 1 aliphatic rings. The second-order valence-corrected chi connectivity index (χ2v) is 5.92. The van der Waals surface area contributed by atoms with E-state index < -0.39 is 5.82 Å². The Morgan fingerprint density at radius 3 is 2.73 bits per heavy atom. The van der Waals surface area contributed by atoms with E-state index in [2.05, 4.69) is 10.6 Å². The van der Waals surface area contributed by atoms with Crippen molar-refractivity contribution in [3.8, 4) is 11.5 Å². The van der Waals surface area contributed by atoms with Gasteiger partial charge in [0.05, 0.1) is 19.3 Å². The van der Waals surface area contributed by atoms with Gasteiger partial charge in [0.2, 0.25) is 5.91 Å². The largest absolute Gasteiger partial charge is 0.454 e. The maximum atomic E-state index is 14.3. The first-order valence-electron chi connectivity index (χ1n) is 8.27. The molecule has 0 radical (unpaired) electrons. The molecule has 3 rings (SSSR count). The summed E-state index contributed by atoms with van der Waals surface area (Å²) < 4.78 is 25.1. The molecule has 7 heteroatoms. The van der Waals surface area contributed by atoms with Gasteiger partial charge >= 0.3 is 0 Å². The van der Waals surface area contributed by atoms with Crippen molar-refractivity contribution >= 4 is 18.3 Å². The quantitative estimate of drug-likeness (QED) is 0.836. The average Bonchev–Trinajstić information content (AvgIpc) is 2.65. The van der Waals surface area contributed by atoms with Gasteiger partial charge in [-0.3, -0.25) is 4.79 Å². The molecule has 5 nitrogen and oxygen atoms in total. The number of halogens is 2. The number of amides is 1. The zero-order valence-corrected chi connectivity index (χ0v) is 15.2. The van der Waals surface area contributed by atoms with Crippen LogP contribution < -0.4 is 15.4 Å². The van der Waals surface area contributed by atoms with Gasteiger partial charge in [-0.15, -0.1) is 12.4 Å². The first-order valence-corrected chi connectivity index (χ1v) is 8.27. The minimum Gasteiger partial charge on any atom is -0.454 e. The van der Waals surface area contributed by atoms with E-state index in [-0.39, 0.29) is 36.1 Å². The fraction of sp³-hybridized carbons (Fsp3) is 0.316. The van der Waals surface area contributed by atoms with Crippen LogP contribution in [0.3, 0.4) is 0 Å². The molecule has 1 amide bonds. The van der Waals surface area contributed by atoms with E-state index in [1.54, 1.807) is 24.3 Å². The normalized spacial score (nSPS) is 17.7. The summed E-state index contributed by atoms with van der Waals surface area (Å²) in [6.45, 7) is 3.41. The van der Waals surface area contributed by atoms with Crippen molar-refractivity contribution in [3.05, 3.63) is 59.9 Å². The summed E-state index contributed by atoms with van der Waals surface area (Å²) in [7, 11) is 0. The summed E-state index contributed by atoms with van der Waals surface area (Å²) in [6, 6.07) is 13.0. The fourth-order valence-electron chi connectivity index (χ4n) is 2.62. The fourth-order valence-corrected chi connectivity index (χ4v) is 2.62. The molecule has 0 saturated carbocycles. The summed E-state index contributed by atoms with van der Waals surface area (Å²) in [5, 5.41) is 5.97. The number of rotatable bonds is 5. The molecule has 0 spiro atoms. The Balaban J connectivity index is 0.00000243. The second-order valence-electron chi connectivity index (χ2n) is 5.92. The van der Waals surface area contributed by atoms with Gasteiger partial charge in [0.25, 0.3) is 0 Å². The smallest absolute Gasteiger partial charge is 0.240 e. The van der Waals surface area contributed by atoms with Crippen molar-refractivity contribution in [2.45, 2.75) is 19.0 Å². The highest BCUT2D eigenvalue weighted by atomic mass is 35.5. The number of ether oxygens (including phenoxy) is 2. The number of morpholine rings is 1. The van der Waals surface area contributed by atoms with Crippen LogP contribution in [0, 0.1) is 5.82 Å². The SMILES string of the molecule is CC(NC(=O)C1COCCN1)c1ccc(Oc2ccccc2)c(F)c1.Cl. The number of hydrogen-bond donors (Lipinski definition) is 2. The van der Waals surface area contributed by atoms with Gasteiger partial charge in [0.15, 0.2) is 11.6 Å². The zero-order valence-electron chi connectivity index (χ0n) is 14.4. The van der Waals surface area contributed by atoms with Gasteiger partial charge in [-0.2, -0.15) is 0 Å². The van der Waals surface area contributed by atoms with Gasteiger partial charge in [-0.05, 0) is 36.8 Å². The van der Waals surface area contributed by atoms with Crippen LogP contribution in [0.1, 0.15) is 18.5 Å². The molecule has 140 valence electrons. The minimum absolute atomic E-state index is 0. The van der Waals surface area contributed by atoms with E-state index in [4.69, 9.17) is 9.47 Å². The minimum atomic E-state index is -0.471. The van der Waals surface area contributed by atoms with Crippen LogP contribution in [-0.2, 0) is 9.53 Å². The Morgan fingerprint density at radius 2 is 2.08 bits per heavy atom. The molecule has 2 atom stereocenters. The van der Waals surface area contributed by atoms with E-state index in [0.29, 0.717) is 31.1 Å². The van der Waals surface area contributed by atoms with Crippen LogP contribution in [-0.4, -0.2) is 31.7 Å². The molecule has 26 heavy (non-hydrogen) atoms. The Bertz CT molecular complexity index is 724. The highest BCUT2D eigenvalue weighted by molar-refractivity contribution is 5.85. The van der Waals surface area contributed by atoms with E-state index in [0.717, 1.165) is 0 Å². The predicted octanol–water partition coefficient (Wildman–Crippen LogP) is 3.21. The van der Waals surface area contributed by atoms with Crippen molar-refractivity contribution in [2.24, 2.45) is 0 Å². The lowest BCUT2D eigenvalue weighted by Gasteiger charge is -2.25. The Kier molecular flexibility index (Phi) is 7.38. The van der Waals surface area contributed by atoms with Crippen LogP contribution in [0.2, 0.25) is 0 Å². The third-order valence-electron chi connectivity index (χ3n) is 4.02. The summed E-state index contributed by atoms with van der Waals surface area (Å²) in [6.07, 6.45) is 0. The molecule has 2 aromatic carbocycles. The van der Waals surface area contributed by atoms with Gasteiger partial charge in [0, 0.05) is 6.54 Å². The molecule has 1 aliphatic heterocycles. The molecule has 0 bridgehead atoms. The number of carbonyl (C=O) groups is 1. The summed E-state index contributed by atoms with van der Waals surface area (Å²) in [5.41, 5.74) is 0.669. The lowest BCUT2D eigenvalue weighted by atomic mass is 10.1. The average molecular weight is 381 g/mol. The molecular formula is C19H22ClFN2O3. The maximum absolute atomic E-state index is 14.3. The number of para-hydroxylation sites is 1. The molecular weight excluding hydrogens is 359 g/mol. The molecule has 0 aromatic heterocycles. The van der Waals surface area contributed by atoms with E-state index >= 15 is 0 Å². The summed E-state index contributed by atoms with van der Waals surface area (Å²) in [5.74, 6) is 0.0912. The highest BCUT2D eigenvalue weighted by Gasteiger charge is 2.23. The number of nitrogens with one attached hydrogen (secondary N) is 2. The second kappa shape index (κ2) is 9.52. The molecule has 2 unspecified atom stereocenters. The van der Waals surface area contributed by atoms with Crippen molar-refractivity contribution < 1.29 is 18.7 Å². The van der Waals surface area contributed by atoms with Gasteiger partial charge in [0.1, 0.15) is 11.8 Å². The van der Waals surface area contributed by atoms with Crippen molar-refractivity contribution in [1.29, 1.82) is 0 Å². The van der Waals surface area contributed by atoms with Gasteiger partial charge < -0.3 is 20.1 Å². The summed E-state index contributed by atoms with van der Waals surface area (Å²) >= 11 is 0. The number of hydrogen-bond acceptors (Lipinski definition) is 4. The Morgan fingerprint density at radius 1 is 1.31 bits per heavy atom. The predicted molar refractivity (Wildman–Crippen MR) is 99.3 cm³/mol. The Hall–Kier alpha value is -2.15. The number of benzene rings is 2. The molecule has 0 aliphatic carbocycles. The van der Waals surface area contributed by atoms with Crippen LogP contribution in [0.4, 0.5) is 4.39 Å². The van der Waals surface area contributed by atoms with Gasteiger partial charge in [-0.25, -0.2) is 4.39 Å². The zero-order chi connectivity index (χ0) is 17.6. The van der Waals surface area contributed by atoms with Crippen molar-refractivity contribution in [1.82, 2.24) is 10.6 Å². The first kappa shape index (κ1) is 20.2. The Labute approximate surface area is 158 Å².